The lowest BCUT2D eigenvalue weighted by Crippen LogP contribution is -2.29. The Hall–Kier alpha value is -3.57. The summed E-state index contributed by atoms with van der Waals surface area (Å²) in [6.45, 7) is 4.64. The number of hydrogen-bond donors (Lipinski definition) is 1. The van der Waals surface area contributed by atoms with Gasteiger partial charge in [-0.2, -0.15) is 0 Å². The van der Waals surface area contributed by atoms with Gasteiger partial charge in [0.25, 0.3) is 5.78 Å². The quantitative estimate of drug-likeness (QED) is 0.0415. The number of anilines is 1. The molecular weight excluding hydrogens is 665 g/mol. The number of rotatable bonds is 11. The Labute approximate surface area is 285 Å². The van der Waals surface area contributed by atoms with Crippen molar-refractivity contribution in [3.63, 3.8) is 0 Å². The molecule has 0 unspecified atom stereocenters. The van der Waals surface area contributed by atoms with Gasteiger partial charge in [0.05, 0.1) is 18.2 Å². The van der Waals surface area contributed by atoms with Crippen molar-refractivity contribution in [2.45, 2.75) is 61.8 Å². The van der Waals surface area contributed by atoms with Crippen molar-refractivity contribution in [2.75, 3.05) is 11.5 Å². The summed E-state index contributed by atoms with van der Waals surface area (Å²) in [7, 11) is 0. The fourth-order valence-electron chi connectivity index (χ4n) is 5.52. The number of ketones is 1. The van der Waals surface area contributed by atoms with Gasteiger partial charge in [0.1, 0.15) is 23.4 Å². The Bertz CT molecular complexity index is 1830. The third-order valence-corrected chi connectivity index (χ3v) is 10.5. The zero-order valence-corrected chi connectivity index (χ0v) is 28.3. The summed E-state index contributed by atoms with van der Waals surface area (Å²) in [5.41, 5.74) is 2.80. The predicted molar refractivity (Wildman–Crippen MR) is 182 cm³/mol. The summed E-state index contributed by atoms with van der Waals surface area (Å²) < 4.78 is 12.4. The van der Waals surface area contributed by atoms with Crippen molar-refractivity contribution in [3.05, 3.63) is 98.5 Å². The summed E-state index contributed by atoms with van der Waals surface area (Å²) in [6, 6.07) is 16.9. The average molecular weight is 697 g/mol. The smallest absolute Gasteiger partial charge is 0.301 e. The maximum atomic E-state index is 13.7. The van der Waals surface area contributed by atoms with Gasteiger partial charge in [0.15, 0.2) is 4.34 Å². The second-order valence-electron chi connectivity index (χ2n) is 11.1. The number of benzene rings is 3. The zero-order valence-electron chi connectivity index (χ0n) is 25.2. The molecule has 1 fully saturated rings. The number of hydrogen-bond acceptors (Lipinski definition) is 9. The van der Waals surface area contributed by atoms with E-state index < -0.39 is 17.7 Å². The molecule has 2 aliphatic heterocycles. The first-order valence-corrected chi connectivity index (χ1v) is 17.5. The summed E-state index contributed by atoms with van der Waals surface area (Å²) in [5.74, 6) is -0.0140. The van der Waals surface area contributed by atoms with Crippen LogP contribution in [0.5, 0.6) is 11.5 Å². The van der Waals surface area contributed by atoms with Crippen molar-refractivity contribution >= 4 is 68.9 Å². The van der Waals surface area contributed by atoms with Crippen molar-refractivity contribution in [1.29, 1.82) is 0 Å². The van der Waals surface area contributed by atoms with Crippen LogP contribution in [0.1, 0.15) is 61.4 Å². The Kier molecular flexibility index (Phi) is 9.89. The van der Waals surface area contributed by atoms with Crippen molar-refractivity contribution < 1.29 is 24.2 Å². The van der Waals surface area contributed by atoms with E-state index in [4.69, 9.17) is 32.7 Å². The van der Waals surface area contributed by atoms with Crippen LogP contribution in [0.15, 0.2) is 70.6 Å². The van der Waals surface area contributed by atoms with Gasteiger partial charge in [-0.15, -0.1) is 10.2 Å². The van der Waals surface area contributed by atoms with E-state index in [-0.39, 0.29) is 22.6 Å². The van der Waals surface area contributed by atoms with E-state index in [0.29, 0.717) is 50.0 Å². The molecule has 0 aliphatic carbocycles. The predicted octanol–water partition coefficient (Wildman–Crippen LogP) is 8.66. The Balaban J connectivity index is 1.37. The second-order valence-corrected chi connectivity index (χ2v) is 14.1. The van der Waals surface area contributed by atoms with Gasteiger partial charge in [-0.3, -0.25) is 14.5 Å². The number of nitrogens with zero attached hydrogens (tertiary/aromatic N) is 3. The largest absolute Gasteiger partial charge is 0.507 e. The minimum Gasteiger partial charge on any atom is -0.507 e. The van der Waals surface area contributed by atoms with Crippen molar-refractivity contribution in [2.24, 2.45) is 0 Å². The van der Waals surface area contributed by atoms with Gasteiger partial charge in [-0.05, 0) is 72.5 Å². The van der Waals surface area contributed by atoms with Crippen LogP contribution < -0.4 is 14.4 Å². The second kappa shape index (κ2) is 14.0. The average Bonchev–Trinajstić information content (AvgIpc) is 3.73. The third kappa shape index (κ3) is 6.76. The number of fused-ring (bicyclic) bond motifs is 1. The highest BCUT2D eigenvalue weighted by Gasteiger charge is 2.48. The van der Waals surface area contributed by atoms with E-state index >= 15 is 0 Å². The first-order valence-electron chi connectivity index (χ1n) is 15.0. The molecule has 2 aliphatic rings. The molecule has 6 rings (SSSR count). The Morgan fingerprint density at radius 2 is 1.96 bits per heavy atom. The standard InChI is InChI=1S/C34H31Cl2N3O5S2/c1-3-4-5-13-43-25-8-6-7-20(16-25)29-28(30(40)21-10-12-27-23(15-21)14-19(2)44-27)31(41)32(42)39(29)33-37-38-34(46-33)45-18-22-9-11-24(35)17-26(22)36/h6-12,15-17,19,29,40H,3-5,13-14,18H2,1-2H3/t19-,29+/m0/s1. The van der Waals surface area contributed by atoms with Gasteiger partial charge in [-0.25, -0.2) is 0 Å². The van der Waals surface area contributed by atoms with Crippen LogP contribution in [0.2, 0.25) is 10.0 Å². The van der Waals surface area contributed by atoms with Gasteiger partial charge in [-0.1, -0.05) is 84.3 Å². The molecule has 12 heteroatoms. The van der Waals surface area contributed by atoms with E-state index in [0.717, 1.165) is 36.1 Å². The maximum absolute atomic E-state index is 13.7. The molecule has 0 bridgehead atoms. The molecule has 0 spiro atoms. The Morgan fingerprint density at radius 1 is 1.11 bits per heavy atom. The van der Waals surface area contributed by atoms with E-state index in [1.54, 1.807) is 30.3 Å². The molecule has 3 heterocycles. The van der Waals surface area contributed by atoms with Crippen LogP contribution in [0.3, 0.4) is 0 Å². The topological polar surface area (TPSA) is 102 Å². The number of unbranched alkanes of at least 4 members (excludes halogenated alkanes) is 2. The molecule has 8 nitrogen and oxygen atoms in total. The van der Waals surface area contributed by atoms with Crippen LogP contribution in [0.4, 0.5) is 5.13 Å². The number of halogens is 2. The van der Waals surface area contributed by atoms with Crippen LogP contribution in [-0.2, 0) is 21.8 Å². The molecule has 1 saturated heterocycles. The number of carbonyl (C=O) groups excluding carboxylic acids is 2. The van der Waals surface area contributed by atoms with E-state index in [9.17, 15) is 14.7 Å². The highest BCUT2D eigenvalue weighted by atomic mass is 35.5. The van der Waals surface area contributed by atoms with Gasteiger partial charge < -0.3 is 14.6 Å². The molecule has 2 atom stereocenters. The first kappa shape index (κ1) is 32.4. The molecule has 1 aromatic heterocycles. The number of aliphatic hydroxyl groups excluding tert-OH is 1. The lowest BCUT2D eigenvalue weighted by atomic mass is 9.94. The number of aromatic nitrogens is 2. The van der Waals surface area contributed by atoms with Gasteiger partial charge in [0.2, 0.25) is 5.13 Å². The SMILES string of the molecule is CCCCCOc1cccc([C@@H]2C(=C(O)c3ccc4c(c3)C[C@H](C)O4)C(=O)C(=O)N2c2nnc(SCc3ccc(Cl)cc3Cl)s2)c1. The summed E-state index contributed by atoms with van der Waals surface area (Å²) in [5, 5.41) is 21.6. The summed E-state index contributed by atoms with van der Waals surface area (Å²) >= 11 is 15.0. The minimum absolute atomic E-state index is 0.0122. The maximum Gasteiger partial charge on any atom is 0.301 e. The monoisotopic (exact) mass is 695 g/mol. The van der Waals surface area contributed by atoms with E-state index in [1.165, 1.54) is 28.0 Å². The molecule has 0 saturated carbocycles. The normalized spacial score (nSPS) is 18.6. The molecule has 3 aromatic carbocycles. The number of aliphatic hydroxyl groups is 1. The van der Waals surface area contributed by atoms with Crippen LogP contribution in [-0.4, -0.2) is 39.7 Å². The molecular formula is C34H31Cl2N3O5S2. The molecule has 0 radical (unpaired) electrons. The molecule has 4 aromatic rings. The number of ether oxygens (including phenoxy) is 2. The number of thioether (sulfide) groups is 1. The molecule has 238 valence electrons. The lowest BCUT2D eigenvalue weighted by molar-refractivity contribution is -0.132. The van der Waals surface area contributed by atoms with Crippen LogP contribution in [0.25, 0.3) is 5.76 Å². The van der Waals surface area contributed by atoms with Gasteiger partial charge >= 0.3 is 5.91 Å². The number of Topliss-reactive ketones (excluding diaryl/α,β-unsaturated/α-hetero) is 1. The highest BCUT2D eigenvalue weighted by Crippen LogP contribution is 2.45. The van der Waals surface area contributed by atoms with Crippen molar-refractivity contribution in [3.8, 4) is 11.5 Å². The fraction of sp³-hybridized carbons (Fsp3) is 0.294. The van der Waals surface area contributed by atoms with Gasteiger partial charge in [0, 0.05) is 27.8 Å². The molecule has 46 heavy (non-hydrogen) atoms. The van der Waals surface area contributed by atoms with E-state index in [1.807, 2.05) is 37.3 Å². The minimum atomic E-state index is -0.959. The van der Waals surface area contributed by atoms with E-state index in [2.05, 4.69) is 17.1 Å². The lowest BCUT2D eigenvalue weighted by Gasteiger charge is -2.23. The third-order valence-electron chi connectivity index (χ3n) is 7.77. The Morgan fingerprint density at radius 3 is 2.76 bits per heavy atom. The summed E-state index contributed by atoms with van der Waals surface area (Å²) in [6.07, 6.45) is 3.72. The highest BCUT2D eigenvalue weighted by molar-refractivity contribution is 8.00. The molecule has 1 N–H and O–H groups in total. The number of amides is 1. The zero-order chi connectivity index (χ0) is 32.4. The van der Waals surface area contributed by atoms with Crippen molar-refractivity contribution in [1.82, 2.24) is 10.2 Å². The summed E-state index contributed by atoms with van der Waals surface area (Å²) in [4.78, 5) is 28.8. The first-order chi connectivity index (χ1) is 22.2. The number of carbonyl (C=O) groups is 2. The van der Waals surface area contributed by atoms with Crippen LogP contribution in [0, 0.1) is 0 Å². The van der Waals surface area contributed by atoms with Crippen LogP contribution >= 0.6 is 46.3 Å². The fourth-order valence-corrected chi connectivity index (χ4v) is 7.95. The molecule has 1 amide bonds.